The van der Waals surface area contributed by atoms with Crippen molar-refractivity contribution in [2.75, 3.05) is 54.4 Å². The molecule has 20 nitrogen and oxygen atoms in total. The van der Waals surface area contributed by atoms with Crippen molar-refractivity contribution in [1.29, 1.82) is 0 Å². The molecule has 3 amide bonds. The van der Waals surface area contributed by atoms with E-state index >= 15 is 0 Å². The average Bonchev–Trinajstić information content (AvgIpc) is 4.06. The third-order valence-electron chi connectivity index (χ3n) is 11.1. The lowest BCUT2D eigenvalue weighted by atomic mass is 9.98. The van der Waals surface area contributed by atoms with Gasteiger partial charge >= 0.3 is 12.1 Å². The fourth-order valence-electron chi connectivity index (χ4n) is 7.48. The molecule has 388 valence electrons. The first-order valence-corrected chi connectivity index (χ1v) is 23.2. The Bertz CT molecular complexity index is 3090. The van der Waals surface area contributed by atoms with Gasteiger partial charge in [-0.2, -0.15) is 32.6 Å². The molecule has 1 aliphatic rings. The van der Waals surface area contributed by atoms with Crippen molar-refractivity contribution in [2.45, 2.75) is 57.8 Å². The van der Waals surface area contributed by atoms with Crippen molar-refractivity contribution in [3.63, 3.8) is 0 Å². The molecule has 0 bridgehead atoms. The number of carboxylic acid groups (broad SMARTS) is 1. The van der Waals surface area contributed by atoms with Gasteiger partial charge in [0, 0.05) is 69.2 Å². The molecular formula is C48H48ClF5N14O6. The number of carboxylic acids is 1. The minimum atomic E-state index is -5.08. The van der Waals surface area contributed by atoms with Gasteiger partial charge in [-0.25, -0.2) is 13.6 Å². The standard InChI is InChI=1S/C46H47ClF2N14O4.C2HF3O2/c1-28-31(32-8-3-10-34(39(32)47)57-42(66)36-16-14-30(25-55-36)26-62-21-6-17-46(48,49)27-62)7-2-9-33(28)56-41(65)35-15-13-29(24-54-35)23-51-19-20-52-38(64)12-4-18-53-44-59-43(50)63-45(60-44)58-40(61-63)37-11-5-22-67-37;3-2(4,5)1(6)7/h2-3,5,7-11,13-16,22,24-25,51H,4,6,12,17-21,23,26-27H2,1H3,(H,52,64)(H,56,65)(H,57,66)(H3,50,53,58,59,60,61);(H,6,7). The van der Waals surface area contributed by atoms with Crippen LogP contribution in [0.2, 0.25) is 5.02 Å². The number of aromatic nitrogens is 7. The summed E-state index contributed by atoms with van der Waals surface area (Å²) in [7, 11) is 0. The highest BCUT2D eigenvalue weighted by Crippen LogP contribution is 2.38. The van der Waals surface area contributed by atoms with E-state index in [1.54, 1.807) is 65.7 Å². The van der Waals surface area contributed by atoms with Crippen LogP contribution >= 0.6 is 11.6 Å². The molecule has 6 heterocycles. The number of amides is 3. The maximum atomic E-state index is 13.9. The molecule has 7 aromatic rings. The van der Waals surface area contributed by atoms with Crippen molar-refractivity contribution in [3.05, 3.63) is 125 Å². The zero-order chi connectivity index (χ0) is 53.0. The fourth-order valence-corrected chi connectivity index (χ4v) is 7.76. The fraction of sp³-hybridized carbons (Fsp3) is 0.292. The Hall–Kier alpha value is -8.16. The quantitative estimate of drug-likeness (QED) is 0.0329. The zero-order valence-electron chi connectivity index (χ0n) is 39.3. The van der Waals surface area contributed by atoms with E-state index in [4.69, 9.17) is 31.7 Å². The number of piperidine rings is 1. The van der Waals surface area contributed by atoms with Gasteiger partial charge in [-0.1, -0.05) is 48.0 Å². The van der Waals surface area contributed by atoms with E-state index in [0.29, 0.717) is 92.1 Å². The maximum absolute atomic E-state index is 13.9. The molecule has 0 radical (unpaired) electrons. The van der Waals surface area contributed by atoms with E-state index in [1.165, 1.54) is 17.0 Å². The summed E-state index contributed by atoms with van der Waals surface area (Å²) < 4.78 is 66.1. The van der Waals surface area contributed by atoms with Crippen molar-refractivity contribution >= 4 is 64.3 Å². The van der Waals surface area contributed by atoms with Crippen LogP contribution in [0.4, 0.5) is 45.2 Å². The number of aliphatic carboxylic acids is 1. The number of nitrogens with one attached hydrogen (secondary N) is 5. The first-order valence-electron chi connectivity index (χ1n) is 22.8. The molecule has 1 saturated heterocycles. The third-order valence-corrected chi connectivity index (χ3v) is 11.6. The van der Waals surface area contributed by atoms with Gasteiger partial charge in [0.15, 0.2) is 5.76 Å². The van der Waals surface area contributed by atoms with Crippen molar-refractivity contribution in [2.24, 2.45) is 0 Å². The number of hydrogen-bond donors (Lipinski definition) is 7. The number of benzene rings is 2. The largest absolute Gasteiger partial charge is 0.490 e. The number of nitrogen functional groups attached to an aromatic ring is 1. The second kappa shape index (κ2) is 24.0. The summed E-state index contributed by atoms with van der Waals surface area (Å²) in [4.78, 5) is 71.1. The van der Waals surface area contributed by atoms with E-state index < -0.39 is 29.9 Å². The highest BCUT2D eigenvalue weighted by atomic mass is 35.5. The van der Waals surface area contributed by atoms with E-state index in [-0.39, 0.29) is 47.9 Å². The van der Waals surface area contributed by atoms with Crippen LogP contribution in [0.25, 0.3) is 28.5 Å². The van der Waals surface area contributed by atoms with Gasteiger partial charge in [-0.15, -0.1) is 5.10 Å². The molecule has 0 spiro atoms. The Kier molecular flexibility index (Phi) is 17.4. The van der Waals surface area contributed by atoms with Gasteiger partial charge in [0.05, 0.1) is 23.5 Å². The normalized spacial score (nSPS) is 13.4. The molecule has 26 heteroatoms. The molecule has 8 N–H and O–H groups in total. The topological polar surface area (TPSA) is 273 Å². The maximum Gasteiger partial charge on any atom is 0.490 e. The van der Waals surface area contributed by atoms with Crippen LogP contribution in [0.15, 0.2) is 95.9 Å². The second-order valence-electron chi connectivity index (χ2n) is 16.7. The zero-order valence-corrected chi connectivity index (χ0v) is 40.1. The number of furan rings is 1. The number of rotatable bonds is 18. The number of pyridine rings is 2. The van der Waals surface area contributed by atoms with Crippen LogP contribution in [-0.2, 0) is 22.7 Å². The van der Waals surface area contributed by atoms with Crippen LogP contribution in [-0.4, -0.2) is 113 Å². The van der Waals surface area contributed by atoms with Gasteiger partial charge in [-0.05, 0) is 85.0 Å². The summed E-state index contributed by atoms with van der Waals surface area (Å²) in [6, 6.07) is 20.9. The summed E-state index contributed by atoms with van der Waals surface area (Å²) in [5, 5.41) is 26.7. The summed E-state index contributed by atoms with van der Waals surface area (Å²) in [5.41, 5.74) is 11.0. The molecule has 2 aromatic carbocycles. The highest BCUT2D eigenvalue weighted by Gasteiger charge is 2.38. The first kappa shape index (κ1) is 53.6. The number of nitrogens with zero attached hydrogens (tertiary/aromatic N) is 8. The number of anilines is 4. The Morgan fingerprint density at radius 1 is 0.851 bits per heavy atom. The van der Waals surface area contributed by atoms with Crippen LogP contribution in [0.3, 0.4) is 0 Å². The van der Waals surface area contributed by atoms with E-state index in [9.17, 15) is 36.3 Å². The molecule has 0 atom stereocenters. The lowest BCUT2D eigenvalue weighted by Crippen LogP contribution is -2.42. The minimum absolute atomic E-state index is 0.0971. The third kappa shape index (κ3) is 14.5. The summed E-state index contributed by atoms with van der Waals surface area (Å²) in [5.74, 6) is -4.97. The van der Waals surface area contributed by atoms with Crippen LogP contribution in [0.5, 0.6) is 0 Å². The van der Waals surface area contributed by atoms with Gasteiger partial charge in [0.1, 0.15) is 11.4 Å². The van der Waals surface area contributed by atoms with E-state index in [0.717, 1.165) is 22.3 Å². The monoisotopic (exact) mass is 1050 g/mol. The predicted molar refractivity (Wildman–Crippen MR) is 262 cm³/mol. The average molecular weight is 1050 g/mol. The first-order chi connectivity index (χ1) is 35.3. The SMILES string of the molecule is Cc1c(NC(=O)c2ccc(CNCCNC(=O)CCCNc3nc(N)n4nc(-c5ccco5)nc4n3)cn2)cccc1-c1cccc(NC(=O)c2ccc(CN3CCCC(F)(F)C3)cn2)c1Cl.O=C(O)C(F)(F)F. The molecule has 1 fully saturated rings. The summed E-state index contributed by atoms with van der Waals surface area (Å²) in [6.45, 7) is 4.33. The number of likely N-dealkylation sites (tertiary alicyclic amines) is 1. The predicted octanol–water partition coefficient (Wildman–Crippen LogP) is 7.25. The van der Waals surface area contributed by atoms with Crippen molar-refractivity contribution in [3.8, 4) is 22.7 Å². The van der Waals surface area contributed by atoms with Crippen LogP contribution in [0.1, 0.15) is 63.4 Å². The number of nitrogens with two attached hydrogens (primary N) is 1. The molecule has 0 saturated carbocycles. The summed E-state index contributed by atoms with van der Waals surface area (Å²) in [6.07, 6.45) is 0.738. The highest BCUT2D eigenvalue weighted by molar-refractivity contribution is 6.36. The Labute approximate surface area is 423 Å². The summed E-state index contributed by atoms with van der Waals surface area (Å²) >= 11 is 6.87. The van der Waals surface area contributed by atoms with Gasteiger partial charge in [0.25, 0.3) is 23.5 Å². The molecule has 1 aliphatic heterocycles. The Morgan fingerprint density at radius 2 is 1.53 bits per heavy atom. The molecule has 74 heavy (non-hydrogen) atoms. The number of fused-ring (bicyclic) bond motifs is 1. The van der Waals surface area contributed by atoms with Crippen LogP contribution in [0, 0.1) is 6.92 Å². The van der Waals surface area contributed by atoms with E-state index in [2.05, 4.69) is 56.6 Å². The molecule has 0 unspecified atom stereocenters. The molecular weight excluding hydrogens is 999 g/mol. The molecule has 0 aliphatic carbocycles. The lowest BCUT2D eigenvalue weighted by molar-refractivity contribution is -0.192. The number of carbonyl (C=O) groups excluding carboxylic acids is 3. The second-order valence-corrected chi connectivity index (χ2v) is 17.1. The number of halogens is 6. The minimum Gasteiger partial charge on any atom is -0.475 e. The van der Waals surface area contributed by atoms with Gasteiger partial charge in [0.2, 0.25) is 23.6 Å². The van der Waals surface area contributed by atoms with Crippen molar-refractivity contribution in [1.82, 2.24) is 50.1 Å². The molecule has 5 aromatic heterocycles. The Balaban J connectivity index is 0.00000107. The van der Waals surface area contributed by atoms with Gasteiger partial charge in [-0.3, -0.25) is 29.3 Å². The van der Waals surface area contributed by atoms with Crippen LogP contribution < -0.4 is 32.3 Å². The molecule has 8 rings (SSSR count). The number of alkyl halides is 5. The van der Waals surface area contributed by atoms with Crippen molar-refractivity contribution < 1.29 is 50.7 Å². The number of hydrogen-bond acceptors (Lipinski definition) is 15. The Morgan fingerprint density at radius 3 is 2.18 bits per heavy atom. The van der Waals surface area contributed by atoms with E-state index in [1.807, 2.05) is 25.1 Å². The number of carbonyl (C=O) groups is 4. The lowest BCUT2D eigenvalue weighted by Gasteiger charge is -2.32. The van der Waals surface area contributed by atoms with Gasteiger partial charge < -0.3 is 41.8 Å². The smallest absolute Gasteiger partial charge is 0.475 e.